The Hall–Kier alpha value is -1.09. The van der Waals surface area contributed by atoms with E-state index in [-0.39, 0.29) is 43.0 Å². The van der Waals surface area contributed by atoms with Crippen LogP contribution in [-0.2, 0) is 10.0 Å². The highest BCUT2D eigenvalue weighted by Crippen LogP contribution is 2.33. The van der Waals surface area contributed by atoms with Gasteiger partial charge in [0.05, 0.1) is 14.2 Å². The molecule has 120 valence electrons. The van der Waals surface area contributed by atoms with Gasteiger partial charge in [-0.05, 0) is 6.42 Å². The van der Waals surface area contributed by atoms with Crippen LogP contribution in [0.1, 0.15) is 6.42 Å². The standard InChI is InChI=1S/C12H17FN2O4S.ClH/c1-18-10-5-9(13)12(6-11(10)19-2)20(16,17)15-4-3-8(14)7-15;/h5-6,8H,3-4,7,14H2,1-2H3;1H/t8-;/m1./s1. The van der Waals surface area contributed by atoms with E-state index in [1.165, 1.54) is 18.5 Å². The summed E-state index contributed by atoms with van der Waals surface area (Å²) in [7, 11) is -1.21. The average Bonchev–Trinajstić information content (AvgIpc) is 2.85. The molecule has 1 heterocycles. The predicted octanol–water partition coefficient (Wildman–Crippen LogP) is 0.986. The lowest BCUT2D eigenvalue weighted by Crippen LogP contribution is -2.32. The summed E-state index contributed by atoms with van der Waals surface area (Å²) in [5.74, 6) is -0.568. The van der Waals surface area contributed by atoms with Gasteiger partial charge in [0.15, 0.2) is 11.5 Å². The van der Waals surface area contributed by atoms with Crippen LogP contribution >= 0.6 is 12.4 Å². The lowest BCUT2D eigenvalue weighted by molar-refractivity contribution is 0.349. The molecule has 1 aliphatic heterocycles. The topological polar surface area (TPSA) is 81.9 Å². The van der Waals surface area contributed by atoms with Crippen LogP contribution in [0, 0.1) is 5.82 Å². The molecule has 0 aromatic heterocycles. The van der Waals surface area contributed by atoms with Gasteiger partial charge in [-0.15, -0.1) is 12.4 Å². The number of nitrogens with two attached hydrogens (primary N) is 1. The van der Waals surface area contributed by atoms with Crippen LogP contribution in [0.25, 0.3) is 0 Å². The first kappa shape index (κ1) is 18.0. The summed E-state index contributed by atoms with van der Waals surface area (Å²) in [6, 6.07) is 1.92. The van der Waals surface area contributed by atoms with Crippen LogP contribution in [0.3, 0.4) is 0 Å². The molecule has 1 aliphatic rings. The summed E-state index contributed by atoms with van der Waals surface area (Å²) >= 11 is 0. The van der Waals surface area contributed by atoms with Crippen LogP contribution in [-0.4, -0.2) is 46.1 Å². The van der Waals surface area contributed by atoms with E-state index in [0.29, 0.717) is 6.42 Å². The van der Waals surface area contributed by atoms with Crippen molar-refractivity contribution in [2.45, 2.75) is 17.4 Å². The maximum atomic E-state index is 14.0. The molecule has 2 rings (SSSR count). The number of benzene rings is 1. The second-order valence-electron chi connectivity index (χ2n) is 4.55. The van der Waals surface area contributed by atoms with E-state index in [0.717, 1.165) is 12.1 Å². The van der Waals surface area contributed by atoms with Crippen molar-refractivity contribution >= 4 is 22.4 Å². The zero-order valence-electron chi connectivity index (χ0n) is 11.7. The lowest BCUT2D eigenvalue weighted by atomic mass is 10.3. The van der Waals surface area contributed by atoms with Crippen LogP contribution in [0.5, 0.6) is 11.5 Å². The van der Waals surface area contributed by atoms with Gasteiger partial charge in [-0.2, -0.15) is 4.31 Å². The molecule has 1 fully saturated rings. The first-order valence-corrected chi connectivity index (χ1v) is 7.51. The van der Waals surface area contributed by atoms with Crippen molar-refractivity contribution in [3.63, 3.8) is 0 Å². The van der Waals surface area contributed by atoms with E-state index in [2.05, 4.69) is 0 Å². The SMILES string of the molecule is COc1cc(F)c(S(=O)(=O)N2CC[C@@H](N)C2)cc1OC.Cl. The number of methoxy groups -OCH3 is 2. The molecular weight excluding hydrogens is 323 g/mol. The minimum absolute atomic E-state index is 0. The second kappa shape index (κ2) is 6.78. The third-order valence-electron chi connectivity index (χ3n) is 3.24. The van der Waals surface area contributed by atoms with Gasteiger partial charge in [0.2, 0.25) is 10.0 Å². The highest BCUT2D eigenvalue weighted by molar-refractivity contribution is 7.89. The monoisotopic (exact) mass is 340 g/mol. The van der Waals surface area contributed by atoms with Gasteiger partial charge in [0.1, 0.15) is 10.7 Å². The Morgan fingerprint density at radius 1 is 1.29 bits per heavy atom. The summed E-state index contributed by atoms with van der Waals surface area (Å²) < 4.78 is 50.0. The third-order valence-corrected chi connectivity index (χ3v) is 5.12. The summed E-state index contributed by atoms with van der Waals surface area (Å²) in [5.41, 5.74) is 5.70. The van der Waals surface area contributed by atoms with Gasteiger partial charge in [-0.25, -0.2) is 12.8 Å². The predicted molar refractivity (Wildman–Crippen MR) is 78.1 cm³/mol. The van der Waals surface area contributed by atoms with E-state index in [4.69, 9.17) is 15.2 Å². The molecule has 6 nitrogen and oxygen atoms in total. The van der Waals surface area contributed by atoms with Crippen LogP contribution in [0.15, 0.2) is 17.0 Å². The van der Waals surface area contributed by atoms with Gasteiger partial charge in [-0.1, -0.05) is 0 Å². The lowest BCUT2D eigenvalue weighted by Gasteiger charge is -2.17. The van der Waals surface area contributed by atoms with E-state index < -0.39 is 20.7 Å². The minimum atomic E-state index is -3.92. The normalized spacial score (nSPS) is 19.1. The fourth-order valence-electron chi connectivity index (χ4n) is 2.14. The molecule has 1 saturated heterocycles. The molecule has 1 aromatic carbocycles. The number of ether oxygens (including phenoxy) is 2. The zero-order valence-corrected chi connectivity index (χ0v) is 13.3. The molecule has 2 N–H and O–H groups in total. The highest BCUT2D eigenvalue weighted by Gasteiger charge is 2.33. The van der Waals surface area contributed by atoms with Crippen molar-refractivity contribution in [3.8, 4) is 11.5 Å². The molecule has 0 spiro atoms. The quantitative estimate of drug-likeness (QED) is 0.883. The number of halogens is 2. The van der Waals surface area contributed by atoms with Crippen LogP contribution in [0.2, 0.25) is 0 Å². The average molecular weight is 341 g/mol. The number of rotatable bonds is 4. The van der Waals surface area contributed by atoms with E-state index in [1.54, 1.807) is 0 Å². The Bertz CT molecular complexity index is 612. The van der Waals surface area contributed by atoms with Crippen molar-refractivity contribution in [2.75, 3.05) is 27.3 Å². The molecule has 0 bridgehead atoms. The molecule has 9 heteroatoms. The van der Waals surface area contributed by atoms with Crippen molar-refractivity contribution in [3.05, 3.63) is 17.9 Å². The van der Waals surface area contributed by atoms with Crippen LogP contribution in [0.4, 0.5) is 4.39 Å². The largest absolute Gasteiger partial charge is 0.493 e. The van der Waals surface area contributed by atoms with Gasteiger partial charge < -0.3 is 15.2 Å². The van der Waals surface area contributed by atoms with Gasteiger partial charge >= 0.3 is 0 Å². The minimum Gasteiger partial charge on any atom is -0.493 e. The summed E-state index contributed by atoms with van der Waals surface area (Å²) in [4.78, 5) is -0.427. The molecule has 0 amide bonds. The van der Waals surface area contributed by atoms with Crippen molar-refractivity contribution < 1.29 is 22.3 Å². The molecule has 0 unspecified atom stereocenters. The number of sulfonamides is 1. The highest BCUT2D eigenvalue weighted by atomic mass is 35.5. The molecule has 0 radical (unpaired) electrons. The molecule has 0 saturated carbocycles. The van der Waals surface area contributed by atoms with Crippen LogP contribution < -0.4 is 15.2 Å². The van der Waals surface area contributed by atoms with E-state index >= 15 is 0 Å². The number of nitrogens with zero attached hydrogens (tertiary/aromatic N) is 1. The molecule has 0 aliphatic carbocycles. The van der Waals surface area contributed by atoms with Gasteiger partial charge in [0, 0.05) is 31.3 Å². The van der Waals surface area contributed by atoms with Crippen molar-refractivity contribution in [1.82, 2.24) is 4.31 Å². The molecular formula is C12H18ClFN2O4S. The molecule has 21 heavy (non-hydrogen) atoms. The Balaban J connectivity index is 0.00000220. The summed E-state index contributed by atoms with van der Waals surface area (Å²) in [5, 5.41) is 0. The summed E-state index contributed by atoms with van der Waals surface area (Å²) in [6.45, 7) is 0.480. The Morgan fingerprint density at radius 2 is 1.86 bits per heavy atom. The maximum absolute atomic E-state index is 14.0. The summed E-state index contributed by atoms with van der Waals surface area (Å²) in [6.07, 6.45) is 0.564. The van der Waals surface area contributed by atoms with E-state index in [9.17, 15) is 12.8 Å². The number of hydrogen-bond acceptors (Lipinski definition) is 5. The fraction of sp³-hybridized carbons (Fsp3) is 0.500. The maximum Gasteiger partial charge on any atom is 0.246 e. The van der Waals surface area contributed by atoms with Gasteiger partial charge in [0.25, 0.3) is 0 Å². The Labute approximate surface area is 129 Å². The Kier molecular flexibility index (Phi) is 5.80. The number of hydrogen-bond donors (Lipinski definition) is 1. The first-order valence-electron chi connectivity index (χ1n) is 6.07. The second-order valence-corrected chi connectivity index (χ2v) is 6.46. The van der Waals surface area contributed by atoms with E-state index in [1.807, 2.05) is 0 Å². The first-order chi connectivity index (χ1) is 9.40. The molecule has 1 aromatic rings. The fourth-order valence-corrected chi connectivity index (χ4v) is 3.72. The Morgan fingerprint density at radius 3 is 2.33 bits per heavy atom. The smallest absolute Gasteiger partial charge is 0.246 e. The zero-order chi connectivity index (χ0) is 14.9. The van der Waals surface area contributed by atoms with Crippen molar-refractivity contribution in [1.29, 1.82) is 0 Å². The van der Waals surface area contributed by atoms with Crippen molar-refractivity contribution in [2.24, 2.45) is 5.73 Å². The third kappa shape index (κ3) is 3.39. The molecule has 1 atom stereocenters. The van der Waals surface area contributed by atoms with Gasteiger partial charge in [-0.3, -0.25) is 0 Å².